The van der Waals surface area contributed by atoms with E-state index in [-0.39, 0.29) is 11.7 Å². The highest BCUT2D eigenvalue weighted by Crippen LogP contribution is 2.35. The molecule has 0 spiro atoms. The van der Waals surface area contributed by atoms with E-state index in [1.54, 1.807) is 0 Å². The molecular formula is C12H16FNO. The molecule has 1 unspecified atom stereocenters. The first-order valence-electron chi connectivity index (χ1n) is 5.38. The zero-order chi connectivity index (χ0) is 10.8. The minimum Gasteiger partial charge on any atom is -0.493 e. The molecule has 82 valence electrons. The molecule has 0 radical (unpaired) electrons. The SMILES string of the molecule is CC(CN)c1c(F)ccc2c1OCCC2. The fraction of sp³-hybridized carbons (Fsp3) is 0.500. The van der Waals surface area contributed by atoms with E-state index in [4.69, 9.17) is 10.5 Å². The van der Waals surface area contributed by atoms with Crippen molar-refractivity contribution in [3.8, 4) is 5.75 Å². The van der Waals surface area contributed by atoms with Gasteiger partial charge in [0.2, 0.25) is 0 Å². The maximum Gasteiger partial charge on any atom is 0.130 e. The van der Waals surface area contributed by atoms with Gasteiger partial charge >= 0.3 is 0 Å². The number of nitrogens with two attached hydrogens (primary N) is 1. The average Bonchev–Trinajstić information content (AvgIpc) is 2.28. The number of ether oxygens (including phenoxy) is 1. The molecular weight excluding hydrogens is 193 g/mol. The summed E-state index contributed by atoms with van der Waals surface area (Å²) in [5.74, 6) is 0.547. The van der Waals surface area contributed by atoms with Crippen molar-refractivity contribution in [3.05, 3.63) is 29.1 Å². The number of benzene rings is 1. The van der Waals surface area contributed by atoms with E-state index in [0.717, 1.165) is 24.2 Å². The van der Waals surface area contributed by atoms with Gasteiger partial charge in [-0.15, -0.1) is 0 Å². The van der Waals surface area contributed by atoms with Crippen LogP contribution in [-0.4, -0.2) is 13.2 Å². The summed E-state index contributed by atoms with van der Waals surface area (Å²) in [4.78, 5) is 0. The Kier molecular flexibility index (Phi) is 2.91. The van der Waals surface area contributed by atoms with E-state index >= 15 is 0 Å². The van der Waals surface area contributed by atoms with Crippen molar-refractivity contribution < 1.29 is 9.13 Å². The molecule has 2 rings (SSSR count). The van der Waals surface area contributed by atoms with Crippen molar-refractivity contribution in [3.63, 3.8) is 0 Å². The Labute approximate surface area is 89.2 Å². The Morgan fingerprint density at radius 2 is 2.33 bits per heavy atom. The van der Waals surface area contributed by atoms with Gasteiger partial charge in [-0.2, -0.15) is 0 Å². The summed E-state index contributed by atoms with van der Waals surface area (Å²) < 4.78 is 19.2. The van der Waals surface area contributed by atoms with Gasteiger partial charge in [-0.05, 0) is 36.9 Å². The predicted octanol–water partition coefficient (Wildman–Crippen LogP) is 2.21. The van der Waals surface area contributed by atoms with Gasteiger partial charge in [0.25, 0.3) is 0 Å². The minimum atomic E-state index is -0.200. The van der Waals surface area contributed by atoms with Crippen LogP contribution in [-0.2, 0) is 6.42 Å². The zero-order valence-electron chi connectivity index (χ0n) is 8.92. The molecule has 0 saturated carbocycles. The Balaban J connectivity index is 2.50. The lowest BCUT2D eigenvalue weighted by atomic mass is 9.94. The summed E-state index contributed by atoms with van der Waals surface area (Å²) in [6.45, 7) is 3.05. The lowest BCUT2D eigenvalue weighted by Crippen LogP contribution is -2.16. The van der Waals surface area contributed by atoms with Gasteiger partial charge < -0.3 is 10.5 Å². The summed E-state index contributed by atoms with van der Waals surface area (Å²) in [7, 11) is 0. The van der Waals surface area contributed by atoms with Crippen molar-refractivity contribution in [1.82, 2.24) is 0 Å². The minimum absolute atomic E-state index is 0.0121. The highest BCUT2D eigenvalue weighted by molar-refractivity contribution is 5.45. The average molecular weight is 209 g/mol. The third-order valence-electron chi connectivity index (χ3n) is 2.91. The molecule has 2 nitrogen and oxygen atoms in total. The van der Waals surface area contributed by atoms with Crippen LogP contribution in [0.15, 0.2) is 12.1 Å². The molecule has 1 atom stereocenters. The van der Waals surface area contributed by atoms with Crippen LogP contribution in [0.3, 0.4) is 0 Å². The summed E-state index contributed by atoms with van der Waals surface area (Å²) in [6.07, 6.45) is 1.98. The fourth-order valence-corrected chi connectivity index (χ4v) is 2.00. The largest absolute Gasteiger partial charge is 0.493 e. The zero-order valence-corrected chi connectivity index (χ0v) is 8.92. The first kappa shape index (κ1) is 10.4. The quantitative estimate of drug-likeness (QED) is 0.810. The van der Waals surface area contributed by atoms with E-state index < -0.39 is 0 Å². The molecule has 1 aliphatic rings. The smallest absolute Gasteiger partial charge is 0.130 e. The molecule has 15 heavy (non-hydrogen) atoms. The van der Waals surface area contributed by atoms with Crippen molar-refractivity contribution >= 4 is 0 Å². The number of hydrogen-bond donors (Lipinski definition) is 1. The number of halogens is 1. The molecule has 0 aromatic heterocycles. The second kappa shape index (κ2) is 4.19. The van der Waals surface area contributed by atoms with Crippen LogP contribution in [0, 0.1) is 5.82 Å². The summed E-state index contributed by atoms with van der Waals surface area (Å²) in [6, 6.07) is 3.34. The summed E-state index contributed by atoms with van der Waals surface area (Å²) >= 11 is 0. The molecule has 1 aromatic rings. The predicted molar refractivity (Wildman–Crippen MR) is 57.7 cm³/mol. The molecule has 0 fully saturated rings. The lowest BCUT2D eigenvalue weighted by molar-refractivity contribution is 0.281. The maximum absolute atomic E-state index is 13.7. The van der Waals surface area contributed by atoms with Crippen molar-refractivity contribution in [2.24, 2.45) is 5.73 Å². The Morgan fingerprint density at radius 1 is 1.53 bits per heavy atom. The van der Waals surface area contributed by atoms with Crippen molar-refractivity contribution in [2.45, 2.75) is 25.7 Å². The van der Waals surface area contributed by atoms with Crippen LogP contribution in [0.1, 0.15) is 30.4 Å². The molecule has 0 amide bonds. The van der Waals surface area contributed by atoms with Gasteiger partial charge in [0.05, 0.1) is 6.61 Å². The van der Waals surface area contributed by atoms with Crippen LogP contribution in [0.5, 0.6) is 5.75 Å². The number of rotatable bonds is 2. The monoisotopic (exact) mass is 209 g/mol. The van der Waals surface area contributed by atoms with Gasteiger partial charge in [-0.25, -0.2) is 4.39 Å². The molecule has 1 aliphatic heterocycles. The van der Waals surface area contributed by atoms with Gasteiger partial charge in [0.15, 0.2) is 0 Å². The van der Waals surface area contributed by atoms with E-state index in [1.807, 2.05) is 13.0 Å². The van der Waals surface area contributed by atoms with Gasteiger partial charge in [-0.3, -0.25) is 0 Å². The molecule has 0 bridgehead atoms. The van der Waals surface area contributed by atoms with Crippen LogP contribution in [0.2, 0.25) is 0 Å². The highest BCUT2D eigenvalue weighted by Gasteiger charge is 2.21. The first-order valence-corrected chi connectivity index (χ1v) is 5.38. The van der Waals surface area contributed by atoms with Crippen LogP contribution >= 0.6 is 0 Å². The van der Waals surface area contributed by atoms with E-state index in [2.05, 4.69) is 0 Å². The maximum atomic E-state index is 13.7. The number of fused-ring (bicyclic) bond motifs is 1. The summed E-state index contributed by atoms with van der Waals surface area (Å²) in [5.41, 5.74) is 7.34. The molecule has 3 heteroatoms. The number of hydrogen-bond acceptors (Lipinski definition) is 2. The Morgan fingerprint density at radius 3 is 3.07 bits per heavy atom. The van der Waals surface area contributed by atoms with E-state index in [0.29, 0.717) is 18.7 Å². The van der Waals surface area contributed by atoms with Crippen LogP contribution < -0.4 is 10.5 Å². The highest BCUT2D eigenvalue weighted by atomic mass is 19.1. The van der Waals surface area contributed by atoms with Gasteiger partial charge in [0, 0.05) is 5.56 Å². The Bertz CT molecular complexity index is 365. The fourth-order valence-electron chi connectivity index (χ4n) is 2.00. The first-order chi connectivity index (χ1) is 7.24. The van der Waals surface area contributed by atoms with Gasteiger partial charge in [0.1, 0.15) is 11.6 Å². The third kappa shape index (κ3) is 1.84. The van der Waals surface area contributed by atoms with Crippen molar-refractivity contribution in [1.29, 1.82) is 0 Å². The molecule has 1 aromatic carbocycles. The summed E-state index contributed by atoms with van der Waals surface area (Å²) in [5, 5.41) is 0. The van der Waals surface area contributed by atoms with Crippen LogP contribution in [0.25, 0.3) is 0 Å². The molecule has 0 aliphatic carbocycles. The second-order valence-corrected chi connectivity index (χ2v) is 4.04. The topological polar surface area (TPSA) is 35.2 Å². The molecule has 1 heterocycles. The van der Waals surface area contributed by atoms with E-state index in [1.165, 1.54) is 6.07 Å². The van der Waals surface area contributed by atoms with Crippen LogP contribution in [0.4, 0.5) is 4.39 Å². The van der Waals surface area contributed by atoms with Crippen molar-refractivity contribution in [2.75, 3.05) is 13.2 Å². The van der Waals surface area contributed by atoms with E-state index in [9.17, 15) is 4.39 Å². The Hall–Kier alpha value is -1.09. The third-order valence-corrected chi connectivity index (χ3v) is 2.91. The lowest BCUT2D eigenvalue weighted by Gasteiger charge is -2.23. The van der Waals surface area contributed by atoms with Gasteiger partial charge in [-0.1, -0.05) is 13.0 Å². The standard InChI is InChI=1S/C12H16FNO/c1-8(7-14)11-10(13)5-4-9-3-2-6-15-12(9)11/h4-5,8H,2-3,6-7,14H2,1H3. The molecule has 2 N–H and O–H groups in total. The normalized spacial score (nSPS) is 16.7. The number of aryl methyl sites for hydroxylation is 1. The molecule has 0 saturated heterocycles. The second-order valence-electron chi connectivity index (χ2n) is 4.04.